The van der Waals surface area contributed by atoms with Gasteiger partial charge in [-0.1, -0.05) is 17.7 Å². The van der Waals surface area contributed by atoms with E-state index < -0.39 is 23.8 Å². The summed E-state index contributed by atoms with van der Waals surface area (Å²) in [6.45, 7) is 0. The predicted molar refractivity (Wildman–Crippen MR) is 70.8 cm³/mol. The van der Waals surface area contributed by atoms with Crippen LogP contribution in [0.1, 0.15) is 29.8 Å². The molecule has 2 atom stereocenters. The fraction of sp³-hybridized carbons (Fsp3) is 0.200. The zero-order valence-electron chi connectivity index (χ0n) is 10.3. The van der Waals surface area contributed by atoms with Gasteiger partial charge >= 0.3 is 0 Å². The Morgan fingerprint density at radius 1 is 1.05 bits per heavy atom. The molecule has 20 heavy (non-hydrogen) atoms. The first-order chi connectivity index (χ1) is 9.54. The first-order valence-electron chi connectivity index (χ1n) is 6.13. The molecular formula is C15H11ClF2O2. The van der Waals surface area contributed by atoms with Gasteiger partial charge < -0.3 is 9.84 Å². The van der Waals surface area contributed by atoms with Crippen molar-refractivity contribution in [1.82, 2.24) is 0 Å². The van der Waals surface area contributed by atoms with Gasteiger partial charge in [-0.25, -0.2) is 8.78 Å². The third kappa shape index (κ3) is 2.37. The van der Waals surface area contributed by atoms with Crippen molar-refractivity contribution in [2.24, 2.45) is 0 Å². The van der Waals surface area contributed by atoms with Crippen LogP contribution in [0.2, 0.25) is 5.02 Å². The Balaban J connectivity index is 1.98. The number of hydrogen-bond donors (Lipinski definition) is 1. The second-order valence-electron chi connectivity index (χ2n) is 4.71. The molecule has 2 nitrogen and oxygen atoms in total. The summed E-state index contributed by atoms with van der Waals surface area (Å²) in [4.78, 5) is 0. The van der Waals surface area contributed by atoms with Crippen LogP contribution in [-0.4, -0.2) is 5.11 Å². The Hall–Kier alpha value is -1.65. The Labute approximate surface area is 119 Å². The molecule has 1 heterocycles. The van der Waals surface area contributed by atoms with E-state index in [9.17, 15) is 13.9 Å². The normalized spacial score (nSPS) is 21.2. The molecule has 2 aromatic rings. The summed E-state index contributed by atoms with van der Waals surface area (Å²) >= 11 is 5.99. The summed E-state index contributed by atoms with van der Waals surface area (Å²) in [7, 11) is 0. The van der Waals surface area contributed by atoms with Gasteiger partial charge in [0.1, 0.15) is 23.5 Å². The number of aliphatic hydroxyl groups excluding tert-OH is 1. The van der Waals surface area contributed by atoms with Crippen molar-refractivity contribution in [3.05, 3.63) is 64.2 Å². The monoisotopic (exact) mass is 296 g/mol. The van der Waals surface area contributed by atoms with E-state index in [1.807, 2.05) is 0 Å². The van der Waals surface area contributed by atoms with Gasteiger partial charge in [-0.05, 0) is 24.3 Å². The smallest absolute Gasteiger partial charge is 0.128 e. The number of hydrogen-bond acceptors (Lipinski definition) is 2. The zero-order valence-corrected chi connectivity index (χ0v) is 11.1. The Morgan fingerprint density at radius 3 is 2.40 bits per heavy atom. The number of aliphatic hydroxyl groups is 1. The van der Waals surface area contributed by atoms with Crippen molar-refractivity contribution in [2.45, 2.75) is 18.6 Å². The van der Waals surface area contributed by atoms with Crippen LogP contribution in [0.4, 0.5) is 8.78 Å². The fourth-order valence-electron chi connectivity index (χ4n) is 2.37. The zero-order chi connectivity index (χ0) is 14.3. The molecule has 5 heteroatoms. The summed E-state index contributed by atoms with van der Waals surface area (Å²) in [5.41, 5.74) is 1.11. The molecule has 0 fully saturated rings. The lowest BCUT2D eigenvalue weighted by atomic mass is 9.95. The first kappa shape index (κ1) is 13.3. The summed E-state index contributed by atoms with van der Waals surface area (Å²) < 4.78 is 32.0. The summed E-state index contributed by atoms with van der Waals surface area (Å²) in [6.07, 6.45) is -1.03. The first-order valence-corrected chi connectivity index (χ1v) is 6.51. The molecule has 1 N–H and O–H groups in total. The van der Waals surface area contributed by atoms with Crippen LogP contribution in [0.15, 0.2) is 36.4 Å². The molecule has 2 unspecified atom stereocenters. The maximum atomic E-state index is 13.2. The van der Waals surface area contributed by atoms with E-state index in [4.69, 9.17) is 16.3 Å². The molecule has 0 spiro atoms. The molecule has 0 radical (unpaired) electrons. The van der Waals surface area contributed by atoms with Gasteiger partial charge in [-0.2, -0.15) is 0 Å². The minimum atomic E-state index is -0.773. The van der Waals surface area contributed by atoms with E-state index in [2.05, 4.69) is 0 Å². The standard InChI is InChI=1S/C15H11ClF2O2/c16-12-5-8(17)1-3-10(12)15-7-13(19)11-4-2-9(18)6-14(11)20-15/h1-6,13,15,19H,7H2. The summed E-state index contributed by atoms with van der Waals surface area (Å²) in [5.74, 6) is -0.600. The van der Waals surface area contributed by atoms with Gasteiger partial charge in [0, 0.05) is 23.6 Å². The van der Waals surface area contributed by atoms with Crippen molar-refractivity contribution in [3.8, 4) is 5.75 Å². The van der Waals surface area contributed by atoms with Crippen molar-refractivity contribution in [2.75, 3.05) is 0 Å². The Bertz CT molecular complexity index is 660. The van der Waals surface area contributed by atoms with Gasteiger partial charge in [0.05, 0.1) is 11.1 Å². The average molecular weight is 297 g/mol. The molecule has 0 amide bonds. The molecule has 3 rings (SSSR count). The topological polar surface area (TPSA) is 29.5 Å². The molecule has 0 bridgehead atoms. The molecule has 1 aliphatic rings. The van der Waals surface area contributed by atoms with E-state index in [-0.39, 0.29) is 17.2 Å². The molecule has 0 aliphatic carbocycles. The molecule has 0 aromatic heterocycles. The predicted octanol–water partition coefficient (Wildman–Crippen LogP) is 4.18. The van der Waals surface area contributed by atoms with Crippen LogP contribution in [0.3, 0.4) is 0 Å². The van der Waals surface area contributed by atoms with Crippen LogP contribution in [0.5, 0.6) is 5.75 Å². The third-order valence-corrected chi connectivity index (χ3v) is 3.68. The SMILES string of the molecule is OC1CC(c2ccc(F)cc2Cl)Oc2cc(F)ccc21. The van der Waals surface area contributed by atoms with E-state index in [0.29, 0.717) is 11.1 Å². The van der Waals surface area contributed by atoms with Crippen LogP contribution in [0.25, 0.3) is 0 Å². The van der Waals surface area contributed by atoms with E-state index in [1.165, 1.54) is 36.4 Å². The molecule has 1 aliphatic heterocycles. The number of halogens is 3. The number of benzene rings is 2. The van der Waals surface area contributed by atoms with Gasteiger partial charge in [-0.15, -0.1) is 0 Å². The second kappa shape index (κ2) is 5.04. The van der Waals surface area contributed by atoms with Gasteiger partial charge in [0.25, 0.3) is 0 Å². The lowest BCUT2D eigenvalue weighted by Crippen LogP contribution is -2.19. The van der Waals surface area contributed by atoms with Crippen molar-refractivity contribution in [1.29, 1.82) is 0 Å². The van der Waals surface area contributed by atoms with Gasteiger partial charge in [-0.3, -0.25) is 0 Å². The minimum Gasteiger partial charge on any atom is -0.485 e. The highest BCUT2D eigenvalue weighted by Gasteiger charge is 2.29. The molecular weight excluding hydrogens is 286 g/mol. The molecule has 2 aromatic carbocycles. The average Bonchev–Trinajstić information content (AvgIpc) is 2.37. The minimum absolute atomic E-state index is 0.224. The number of ether oxygens (including phenoxy) is 1. The Morgan fingerprint density at radius 2 is 1.70 bits per heavy atom. The van der Waals surface area contributed by atoms with Gasteiger partial charge in [0.15, 0.2) is 0 Å². The second-order valence-corrected chi connectivity index (χ2v) is 5.11. The van der Waals surface area contributed by atoms with Crippen LogP contribution in [-0.2, 0) is 0 Å². The lowest BCUT2D eigenvalue weighted by molar-refractivity contribution is 0.0654. The van der Waals surface area contributed by atoms with Crippen molar-refractivity contribution < 1.29 is 18.6 Å². The quantitative estimate of drug-likeness (QED) is 0.855. The van der Waals surface area contributed by atoms with Gasteiger partial charge in [0.2, 0.25) is 0 Å². The Kier molecular flexibility index (Phi) is 3.36. The molecule has 104 valence electrons. The van der Waals surface area contributed by atoms with Crippen molar-refractivity contribution in [3.63, 3.8) is 0 Å². The van der Waals surface area contributed by atoms with E-state index in [0.717, 1.165) is 0 Å². The maximum Gasteiger partial charge on any atom is 0.128 e. The highest BCUT2D eigenvalue weighted by molar-refractivity contribution is 6.31. The van der Waals surface area contributed by atoms with Crippen molar-refractivity contribution >= 4 is 11.6 Å². The number of rotatable bonds is 1. The largest absolute Gasteiger partial charge is 0.485 e. The van der Waals surface area contributed by atoms with E-state index in [1.54, 1.807) is 0 Å². The van der Waals surface area contributed by atoms with Crippen LogP contribution >= 0.6 is 11.6 Å². The van der Waals surface area contributed by atoms with Crippen LogP contribution in [0, 0.1) is 11.6 Å². The highest BCUT2D eigenvalue weighted by Crippen LogP contribution is 2.42. The third-order valence-electron chi connectivity index (χ3n) is 3.35. The number of fused-ring (bicyclic) bond motifs is 1. The fourth-order valence-corrected chi connectivity index (χ4v) is 2.66. The van der Waals surface area contributed by atoms with Crippen LogP contribution < -0.4 is 4.74 Å². The summed E-state index contributed by atoms with van der Waals surface area (Å²) in [5, 5.41) is 10.3. The summed E-state index contributed by atoms with van der Waals surface area (Å²) in [6, 6.07) is 7.97. The van der Waals surface area contributed by atoms with E-state index >= 15 is 0 Å². The molecule has 0 saturated heterocycles. The maximum absolute atomic E-state index is 13.2. The molecule has 0 saturated carbocycles. The highest BCUT2D eigenvalue weighted by atomic mass is 35.5. The lowest BCUT2D eigenvalue weighted by Gasteiger charge is -2.30.